The highest BCUT2D eigenvalue weighted by molar-refractivity contribution is 7.79. The third-order valence-electron chi connectivity index (χ3n) is 14.5. The van der Waals surface area contributed by atoms with Crippen LogP contribution in [0.5, 0.6) is 0 Å². The van der Waals surface area contributed by atoms with Crippen molar-refractivity contribution in [3.63, 3.8) is 0 Å². The van der Waals surface area contributed by atoms with Gasteiger partial charge in [-0.15, -0.1) is 0 Å². The zero-order valence-electron chi connectivity index (χ0n) is 57.3. The predicted molar refractivity (Wildman–Crippen MR) is 419 cm³/mol. The molecule has 0 aliphatic rings. The molecule has 7 N–H and O–H groups in total. The Balaban J connectivity index is 0.000000334. The van der Waals surface area contributed by atoms with E-state index in [0.717, 1.165) is 63.9 Å². The summed E-state index contributed by atoms with van der Waals surface area (Å²) in [5.74, 6) is -2.51. The Morgan fingerprint density at radius 1 is 0.373 bits per heavy atom. The summed E-state index contributed by atoms with van der Waals surface area (Å²) in [4.78, 5) is 92.0. The Labute approximate surface area is 619 Å². The predicted octanol–water partition coefficient (Wildman–Crippen LogP) is 15.2. The van der Waals surface area contributed by atoms with Crippen molar-refractivity contribution >= 4 is 118 Å². The lowest BCUT2D eigenvalue weighted by Crippen LogP contribution is -2.23. The molecule has 0 fully saturated rings. The number of ether oxygens (including phenoxy) is 2. The molecular weight excluding hydrogens is 1370 g/mol. The van der Waals surface area contributed by atoms with E-state index in [9.17, 15) is 38.4 Å². The van der Waals surface area contributed by atoms with Gasteiger partial charge in [-0.25, -0.2) is 0 Å². The maximum absolute atomic E-state index is 12.2. The number of carboxylic acids is 2. The van der Waals surface area contributed by atoms with E-state index in [1.807, 2.05) is 184 Å². The van der Waals surface area contributed by atoms with Crippen LogP contribution in [0.1, 0.15) is 119 Å². The van der Waals surface area contributed by atoms with Crippen molar-refractivity contribution in [2.75, 3.05) is 46.1 Å². The highest BCUT2D eigenvalue weighted by Gasteiger charge is 2.15. The molecule has 0 spiro atoms. The number of nitrogens with one attached hydrogen (secondary N) is 3. The van der Waals surface area contributed by atoms with Crippen molar-refractivity contribution in [1.82, 2.24) is 16.0 Å². The number of aliphatic hydroxyl groups is 2. The highest BCUT2D eigenvalue weighted by Crippen LogP contribution is 2.24. The van der Waals surface area contributed by atoms with Crippen LogP contribution in [-0.2, 0) is 28.7 Å². The topological polar surface area (TPSA) is 272 Å². The van der Waals surface area contributed by atoms with Crippen molar-refractivity contribution in [2.45, 2.75) is 78.1 Å². The van der Waals surface area contributed by atoms with Gasteiger partial charge in [-0.3, -0.25) is 38.4 Å². The van der Waals surface area contributed by atoms with Crippen molar-refractivity contribution in [3.05, 3.63) is 241 Å². The fourth-order valence-electron chi connectivity index (χ4n) is 8.84. The molecule has 0 aromatic heterocycles. The quantitative estimate of drug-likeness (QED) is 0.00832. The number of thiocarbonyl (C=S) groups is 4. The fourth-order valence-corrected chi connectivity index (χ4v) is 9.32. The number of Topliss-reactive ketones (excluding diaryl/α,β-unsaturated/α-hetero) is 4. The summed E-state index contributed by atoms with van der Waals surface area (Å²) >= 11 is 18.2. The number of carbonyl (C=O) groups excluding carboxylic acids is 6. The van der Waals surface area contributed by atoms with Crippen molar-refractivity contribution in [3.8, 4) is 44.5 Å². The SMILES string of the molecule is CC(CNC=S)COC(=O)CCC(=O)c1ccc(-c2ccccc2)cc1.CC(CO)CNC=S.O=C(CCC(=O)c1ccc(-c2ccccc2)cc1)OCCCC=S.O=C(O)CCC(=O)c1ccc(-c2ccccc2)cc1.O=C(O)CCC(=O)c1ccc(-c2ccccc2)cc1.OCCNC=S. The van der Waals surface area contributed by atoms with Crippen LogP contribution < -0.4 is 16.0 Å². The molecule has 0 aliphatic heterocycles. The number of aliphatic carboxylic acids is 2. The molecule has 8 aromatic rings. The first-order valence-corrected chi connectivity index (χ1v) is 34.9. The first-order chi connectivity index (χ1) is 49.4. The molecule has 536 valence electrons. The fraction of sp³-hybridized carbons (Fsp3) is 0.259. The van der Waals surface area contributed by atoms with Crippen LogP contribution in [0.3, 0.4) is 0 Å². The smallest absolute Gasteiger partial charge is 0.306 e. The van der Waals surface area contributed by atoms with Gasteiger partial charge in [-0.1, -0.05) is 281 Å². The number of aliphatic hydroxyl groups excluding tert-OH is 2. The molecule has 0 saturated carbocycles. The average molecular weight is 1460 g/mol. The summed E-state index contributed by atoms with van der Waals surface area (Å²) < 4.78 is 10.2. The van der Waals surface area contributed by atoms with E-state index in [1.165, 1.54) is 16.5 Å². The summed E-state index contributed by atoms with van der Waals surface area (Å²) in [5, 5.41) is 43.6. The zero-order chi connectivity index (χ0) is 74.5. The van der Waals surface area contributed by atoms with E-state index in [4.69, 9.17) is 42.1 Å². The maximum Gasteiger partial charge on any atom is 0.306 e. The number of hydrogen-bond acceptors (Lipinski definition) is 16. The number of unbranched alkanes of at least 4 members (excludes halogenated alkanes) is 1. The second-order valence-corrected chi connectivity index (χ2v) is 23.7. The van der Waals surface area contributed by atoms with Gasteiger partial charge in [-0.05, 0) is 68.6 Å². The molecule has 17 nitrogen and oxygen atoms in total. The second-order valence-electron chi connectivity index (χ2n) is 22.7. The molecule has 0 radical (unpaired) electrons. The third-order valence-corrected chi connectivity index (χ3v) is 15.2. The number of ketones is 4. The van der Waals surface area contributed by atoms with E-state index < -0.39 is 11.9 Å². The zero-order valence-corrected chi connectivity index (χ0v) is 60.5. The number of carbonyl (C=O) groups is 8. The maximum atomic E-state index is 12.2. The normalized spacial score (nSPS) is 10.5. The van der Waals surface area contributed by atoms with Gasteiger partial charge in [0.05, 0.1) is 62.0 Å². The van der Waals surface area contributed by atoms with E-state index in [2.05, 4.69) is 52.6 Å². The Hall–Kier alpha value is -10.0. The van der Waals surface area contributed by atoms with Crippen molar-refractivity contribution in [1.29, 1.82) is 0 Å². The molecule has 0 amide bonds. The summed E-state index contributed by atoms with van der Waals surface area (Å²) in [5.41, 5.74) is 15.2. The minimum absolute atomic E-state index is 0.0417. The minimum Gasteiger partial charge on any atom is -0.481 e. The first-order valence-electron chi connectivity index (χ1n) is 33.0. The van der Waals surface area contributed by atoms with E-state index in [1.54, 1.807) is 53.9 Å². The summed E-state index contributed by atoms with van der Waals surface area (Å²) in [6.45, 7) is 6.92. The molecule has 8 aromatic carbocycles. The number of hydrogen-bond donors (Lipinski definition) is 7. The standard InChI is InChI=1S/C21H23NO3S.C20H20O3S.2C16H14O3.C5H11NOS.C3H7NOS/c1-16(13-22-15-26)14-25-21(24)12-11-20(23)19-9-7-18(8-10-19)17-5-3-2-4-6-17;21-19(12-13-20(22)23-14-4-5-15-24)18-10-8-17(9-11-18)16-6-2-1-3-7-16;2*17-15(10-11-16(18)19)14-8-6-13(7-9-14)12-4-2-1-3-5-12;1-5(3-7)2-6-4-8;5-2-1-4-3-6/h2-10,15-16H,11-14H2,1H3,(H,22,26);1-3,6-11,15H,4-5,12-14H2;2*1-9H,10-11H2,(H,18,19);4-5,7H,2-3H2,1H3,(H,6,8);3,5H,1-2H2,(H,4,6). The van der Waals surface area contributed by atoms with Gasteiger partial charge in [-0.2, -0.15) is 0 Å². The Bertz CT molecular complexity index is 3690. The first kappa shape index (κ1) is 86.2. The van der Waals surface area contributed by atoms with Gasteiger partial charge in [0.1, 0.15) is 0 Å². The number of benzene rings is 8. The summed E-state index contributed by atoms with van der Waals surface area (Å²) in [6, 6.07) is 69.1. The molecule has 0 saturated heterocycles. The van der Waals surface area contributed by atoms with Gasteiger partial charge in [0.15, 0.2) is 23.1 Å². The van der Waals surface area contributed by atoms with Gasteiger partial charge in [0, 0.05) is 80.1 Å². The van der Waals surface area contributed by atoms with Crippen LogP contribution in [0, 0.1) is 11.8 Å². The van der Waals surface area contributed by atoms with Crippen LogP contribution in [0.4, 0.5) is 0 Å². The Kier molecular flexibility index (Phi) is 44.7. The molecular formula is C81H89N3O14S4. The molecule has 21 heteroatoms. The van der Waals surface area contributed by atoms with Gasteiger partial charge >= 0.3 is 23.9 Å². The minimum atomic E-state index is -0.950. The lowest BCUT2D eigenvalue weighted by molar-refractivity contribution is -0.145. The highest BCUT2D eigenvalue weighted by atomic mass is 32.1. The summed E-state index contributed by atoms with van der Waals surface area (Å²) in [7, 11) is 0. The average Bonchev–Trinajstić information content (AvgIpc) is 0.903. The number of carboxylic acid groups (broad SMARTS) is 2. The van der Waals surface area contributed by atoms with E-state index in [0.29, 0.717) is 54.5 Å². The van der Waals surface area contributed by atoms with Gasteiger partial charge in [0.25, 0.3) is 0 Å². The summed E-state index contributed by atoms with van der Waals surface area (Å²) in [6.07, 6.45) is 1.81. The van der Waals surface area contributed by atoms with Crippen LogP contribution in [0.15, 0.2) is 218 Å². The van der Waals surface area contributed by atoms with Crippen LogP contribution in [0.25, 0.3) is 44.5 Å². The molecule has 0 heterocycles. The monoisotopic (exact) mass is 1460 g/mol. The molecule has 2 unspecified atom stereocenters. The third kappa shape index (κ3) is 37.4. The van der Waals surface area contributed by atoms with E-state index in [-0.39, 0.29) is 106 Å². The molecule has 0 aliphatic carbocycles. The largest absolute Gasteiger partial charge is 0.481 e. The molecule has 102 heavy (non-hydrogen) atoms. The number of rotatable bonds is 36. The van der Waals surface area contributed by atoms with Crippen LogP contribution in [0.2, 0.25) is 0 Å². The lowest BCUT2D eigenvalue weighted by atomic mass is 10.0. The molecule has 0 bridgehead atoms. The second kappa shape index (κ2) is 52.9. The van der Waals surface area contributed by atoms with Crippen LogP contribution in [-0.4, -0.2) is 135 Å². The van der Waals surface area contributed by atoms with Gasteiger partial charge in [0.2, 0.25) is 0 Å². The molecule has 2 atom stereocenters. The lowest BCUT2D eigenvalue weighted by Gasteiger charge is -2.11. The Morgan fingerprint density at radius 2 is 0.657 bits per heavy atom. The van der Waals surface area contributed by atoms with Crippen molar-refractivity contribution in [2.24, 2.45) is 11.8 Å². The van der Waals surface area contributed by atoms with Gasteiger partial charge < -0.3 is 45.9 Å². The Morgan fingerprint density at radius 3 is 0.922 bits per heavy atom. The number of esters is 2. The molecule has 8 rings (SSSR count). The van der Waals surface area contributed by atoms with Crippen LogP contribution >= 0.6 is 48.9 Å². The van der Waals surface area contributed by atoms with E-state index >= 15 is 0 Å². The van der Waals surface area contributed by atoms with Crippen molar-refractivity contribution < 1.29 is 68.3 Å².